The van der Waals surface area contributed by atoms with Gasteiger partial charge in [-0.1, -0.05) is 13.8 Å². The Hall–Kier alpha value is -1.43. The van der Waals surface area contributed by atoms with Crippen LogP contribution < -0.4 is 5.32 Å². The van der Waals surface area contributed by atoms with Gasteiger partial charge in [-0.2, -0.15) is 0 Å². The molecule has 6 nitrogen and oxygen atoms in total. The van der Waals surface area contributed by atoms with Crippen molar-refractivity contribution in [2.24, 2.45) is 11.8 Å². The van der Waals surface area contributed by atoms with E-state index in [1.54, 1.807) is 0 Å². The maximum atomic E-state index is 12.6. The summed E-state index contributed by atoms with van der Waals surface area (Å²) in [5, 5.41) is 2.78. The van der Waals surface area contributed by atoms with Gasteiger partial charge < -0.3 is 10.1 Å². The molecule has 0 aromatic heterocycles. The summed E-state index contributed by atoms with van der Waals surface area (Å²) in [6.07, 6.45) is 1.92. The number of nitrogens with zero attached hydrogens (tertiary/aromatic N) is 1. The first-order valence-electron chi connectivity index (χ1n) is 9.69. The third-order valence-corrected chi connectivity index (χ3v) is 5.13. The zero-order valence-electron chi connectivity index (χ0n) is 17.5. The first-order chi connectivity index (χ1) is 11.9. The van der Waals surface area contributed by atoms with E-state index in [-0.39, 0.29) is 29.6 Å². The summed E-state index contributed by atoms with van der Waals surface area (Å²) < 4.78 is 5.97. The number of rotatable bonds is 10. The maximum Gasteiger partial charge on any atom is 0.233 e. The molecule has 1 N–H and O–H groups in total. The van der Waals surface area contributed by atoms with Crippen molar-refractivity contribution in [3.8, 4) is 0 Å². The largest absolute Gasteiger partial charge is 0.375 e. The Morgan fingerprint density at radius 1 is 1.23 bits per heavy atom. The number of ether oxygens (including phenoxy) is 1. The van der Waals surface area contributed by atoms with Crippen LogP contribution in [0, 0.1) is 11.8 Å². The molecule has 1 fully saturated rings. The summed E-state index contributed by atoms with van der Waals surface area (Å²) in [6, 6.07) is 0. The highest BCUT2D eigenvalue weighted by atomic mass is 16.5. The standard InChI is InChI=1S/C20H36N2O4/c1-8-21-16(23)9-10-20(6,7)26-12-11-19(4,5)22-17(24)13-15(14(2)3)18(22)25/h14-15H,8-13H2,1-7H3,(H,21,23). The first-order valence-corrected chi connectivity index (χ1v) is 9.69. The molecule has 1 atom stereocenters. The number of carbonyl (C=O) groups is 3. The van der Waals surface area contributed by atoms with Crippen LogP contribution in [0.25, 0.3) is 0 Å². The second kappa shape index (κ2) is 8.98. The summed E-state index contributed by atoms with van der Waals surface area (Å²) in [6.45, 7) is 14.7. The minimum Gasteiger partial charge on any atom is -0.375 e. The molecule has 1 rings (SSSR count). The Kier molecular flexibility index (Phi) is 7.81. The fourth-order valence-corrected chi connectivity index (χ4v) is 3.27. The smallest absolute Gasteiger partial charge is 0.233 e. The van der Waals surface area contributed by atoms with Crippen molar-refractivity contribution in [3.05, 3.63) is 0 Å². The van der Waals surface area contributed by atoms with Crippen LogP contribution in [0.3, 0.4) is 0 Å². The van der Waals surface area contributed by atoms with Gasteiger partial charge in [0, 0.05) is 37.5 Å². The lowest BCUT2D eigenvalue weighted by molar-refractivity contribution is -0.147. The fraction of sp³-hybridized carbons (Fsp3) is 0.850. The number of hydrogen-bond acceptors (Lipinski definition) is 4. The summed E-state index contributed by atoms with van der Waals surface area (Å²) in [5.74, 6) is -0.176. The van der Waals surface area contributed by atoms with E-state index in [9.17, 15) is 14.4 Å². The van der Waals surface area contributed by atoms with Gasteiger partial charge in [0.15, 0.2) is 0 Å². The van der Waals surface area contributed by atoms with Crippen LogP contribution in [-0.2, 0) is 19.1 Å². The number of nitrogens with one attached hydrogen (secondary N) is 1. The molecule has 0 bridgehead atoms. The van der Waals surface area contributed by atoms with Gasteiger partial charge in [0.1, 0.15) is 0 Å². The fourth-order valence-electron chi connectivity index (χ4n) is 3.27. The topological polar surface area (TPSA) is 75.7 Å². The Morgan fingerprint density at radius 3 is 2.35 bits per heavy atom. The summed E-state index contributed by atoms with van der Waals surface area (Å²) in [7, 11) is 0. The minimum atomic E-state index is -0.576. The van der Waals surface area contributed by atoms with Crippen molar-refractivity contribution in [2.45, 2.75) is 85.3 Å². The Balaban J connectivity index is 2.56. The van der Waals surface area contributed by atoms with Crippen LogP contribution in [0.4, 0.5) is 0 Å². The Bertz CT molecular complexity index is 526. The van der Waals surface area contributed by atoms with Crippen LogP contribution >= 0.6 is 0 Å². The summed E-state index contributed by atoms with van der Waals surface area (Å²) >= 11 is 0. The SMILES string of the molecule is CCNC(=O)CCC(C)(C)OCCC(C)(C)N1C(=O)CC(C(C)C)C1=O. The molecule has 1 saturated heterocycles. The second-order valence-electron chi connectivity index (χ2n) is 8.75. The lowest BCUT2D eigenvalue weighted by atomic mass is 9.93. The number of hydrogen-bond donors (Lipinski definition) is 1. The number of imide groups is 1. The molecule has 3 amide bonds. The van der Waals surface area contributed by atoms with Gasteiger partial charge in [0.2, 0.25) is 17.7 Å². The van der Waals surface area contributed by atoms with E-state index >= 15 is 0 Å². The molecule has 26 heavy (non-hydrogen) atoms. The molecule has 0 aromatic carbocycles. The third kappa shape index (κ3) is 6.08. The van der Waals surface area contributed by atoms with E-state index < -0.39 is 11.1 Å². The van der Waals surface area contributed by atoms with Crippen molar-refractivity contribution in [3.63, 3.8) is 0 Å². The molecule has 6 heteroatoms. The van der Waals surface area contributed by atoms with Gasteiger partial charge in [0.25, 0.3) is 0 Å². The van der Waals surface area contributed by atoms with E-state index in [1.165, 1.54) is 4.90 Å². The molecular formula is C20H36N2O4. The summed E-state index contributed by atoms with van der Waals surface area (Å²) in [4.78, 5) is 38.0. The zero-order valence-corrected chi connectivity index (χ0v) is 17.5. The lowest BCUT2D eigenvalue weighted by Gasteiger charge is -2.36. The van der Waals surface area contributed by atoms with E-state index in [0.717, 1.165) is 0 Å². The molecule has 0 saturated carbocycles. The second-order valence-corrected chi connectivity index (χ2v) is 8.75. The van der Waals surface area contributed by atoms with Crippen LogP contribution in [-0.4, -0.2) is 46.9 Å². The normalized spacial score (nSPS) is 18.8. The van der Waals surface area contributed by atoms with Gasteiger partial charge in [0.05, 0.1) is 5.60 Å². The summed E-state index contributed by atoms with van der Waals surface area (Å²) in [5.41, 5.74) is -1.01. The van der Waals surface area contributed by atoms with E-state index in [0.29, 0.717) is 38.8 Å². The van der Waals surface area contributed by atoms with Crippen LogP contribution in [0.5, 0.6) is 0 Å². The third-order valence-electron chi connectivity index (χ3n) is 5.13. The van der Waals surface area contributed by atoms with E-state index in [1.807, 2.05) is 48.5 Å². The number of carbonyl (C=O) groups excluding carboxylic acids is 3. The Labute approximate surface area is 158 Å². The first kappa shape index (κ1) is 22.6. The quantitative estimate of drug-likeness (QED) is 0.602. The van der Waals surface area contributed by atoms with Crippen LogP contribution in [0.1, 0.15) is 74.1 Å². The highest BCUT2D eigenvalue weighted by Gasteiger charge is 2.46. The predicted molar refractivity (Wildman–Crippen MR) is 101 cm³/mol. The van der Waals surface area contributed by atoms with E-state index in [2.05, 4.69) is 5.32 Å². The van der Waals surface area contributed by atoms with Crippen LogP contribution in [0.2, 0.25) is 0 Å². The molecule has 0 radical (unpaired) electrons. The van der Waals surface area contributed by atoms with Crippen molar-refractivity contribution in [1.82, 2.24) is 10.2 Å². The van der Waals surface area contributed by atoms with Crippen molar-refractivity contribution in [1.29, 1.82) is 0 Å². The minimum absolute atomic E-state index is 0.0255. The predicted octanol–water partition coefficient (Wildman–Crippen LogP) is 2.90. The van der Waals surface area contributed by atoms with Gasteiger partial charge in [-0.3, -0.25) is 19.3 Å². The molecule has 1 aliphatic rings. The van der Waals surface area contributed by atoms with Gasteiger partial charge >= 0.3 is 0 Å². The van der Waals surface area contributed by atoms with Gasteiger partial charge in [-0.05, 0) is 53.4 Å². The molecular weight excluding hydrogens is 332 g/mol. The molecule has 0 spiro atoms. The van der Waals surface area contributed by atoms with Crippen LogP contribution in [0.15, 0.2) is 0 Å². The van der Waals surface area contributed by atoms with Crippen molar-refractivity contribution in [2.75, 3.05) is 13.2 Å². The molecule has 0 aliphatic carbocycles. The number of likely N-dealkylation sites (tertiary alicyclic amines) is 1. The maximum absolute atomic E-state index is 12.6. The van der Waals surface area contributed by atoms with Gasteiger partial charge in [-0.15, -0.1) is 0 Å². The molecule has 150 valence electrons. The lowest BCUT2D eigenvalue weighted by Crippen LogP contribution is -2.49. The molecule has 1 unspecified atom stereocenters. The monoisotopic (exact) mass is 368 g/mol. The highest BCUT2D eigenvalue weighted by Crippen LogP contribution is 2.33. The van der Waals surface area contributed by atoms with Crippen molar-refractivity contribution < 1.29 is 19.1 Å². The van der Waals surface area contributed by atoms with Gasteiger partial charge in [-0.25, -0.2) is 0 Å². The average molecular weight is 369 g/mol. The Morgan fingerprint density at radius 2 is 1.85 bits per heavy atom. The highest BCUT2D eigenvalue weighted by molar-refractivity contribution is 6.04. The zero-order chi connectivity index (χ0) is 20.1. The molecule has 0 aromatic rings. The molecule has 1 heterocycles. The van der Waals surface area contributed by atoms with E-state index in [4.69, 9.17) is 4.74 Å². The van der Waals surface area contributed by atoms with Crippen molar-refractivity contribution >= 4 is 17.7 Å². The molecule has 1 aliphatic heterocycles. The number of amides is 3. The average Bonchev–Trinajstić information content (AvgIpc) is 2.81.